The van der Waals surface area contributed by atoms with Gasteiger partial charge < -0.3 is 4.74 Å². The third kappa shape index (κ3) is 3.26. The van der Waals surface area contributed by atoms with Gasteiger partial charge in [-0.1, -0.05) is 18.2 Å². The van der Waals surface area contributed by atoms with Crippen molar-refractivity contribution in [1.29, 1.82) is 5.26 Å². The van der Waals surface area contributed by atoms with Gasteiger partial charge in [0, 0.05) is 0 Å². The van der Waals surface area contributed by atoms with E-state index >= 15 is 0 Å². The number of tetrazole rings is 1. The summed E-state index contributed by atoms with van der Waals surface area (Å²) in [5.74, 6) is 0.675. The molecule has 0 aliphatic carbocycles. The summed E-state index contributed by atoms with van der Waals surface area (Å²) >= 11 is 0. The van der Waals surface area contributed by atoms with Crippen LogP contribution in [0.2, 0.25) is 0 Å². The summed E-state index contributed by atoms with van der Waals surface area (Å²) in [7, 11) is 0. The van der Waals surface area contributed by atoms with Crippen LogP contribution >= 0.6 is 0 Å². The Morgan fingerprint density at radius 3 is 2.48 bits per heavy atom. The summed E-state index contributed by atoms with van der Waals surface area (Å²) in [6.07, 6.45) is 1.52. The van der Waals surface area contributed by atoms with E-state index in [-0.39, 0.29) is 6.61 Å². The predicted molar refractivity (Wildman–Crippen MR) is 96.5 cm³/mol. The Balaban J connectivity index is 1.59. The third-order valence-corrected chi connectivity index (χ3v) is 4.09. The molecule has 4 rings (SSSR count). The number of aromatic nitrogens is 6. The second-order valence-electron chi connectivity index (χ2n) is 5.80. The van der Waals surface area contributed by atoms with Crippen molar-refractivity contribution in [2.75, 3.05) is 0 Å². The fraction of sp³-hybridized carbons (Fsp3) is 0.105. The molecule has 2 aromatic heterocycles. The highest BCUT2D eigenvalue weighted by molar-refractivity contribution is 5.43. The first-order chi connectivity index (χ1) is 13.3. The molecule has 0 saturated heterocycles. The number of nitrogens with zero attached hydrogens (tertiary/aromatic N) is 7. The van der Waals surface area contributed by atoms with E-state index in [9.17, 15) is 5.26 Å². The summed E-state index contributed by atoms with van der Waals surface area (Å²) in [5.41, 5.74) is 3.63. The second kappa shape index (κ2) is 7.09. The van der Waals surface area contributed by atoms with Crippen molar-refractivity contribution in [2.24, 2.45) is 0 Å². The fourth-order valence-electron chi connectivity index (χ4n) is 2.76. The number of rotatable bonds is 5. The minimum atomic E-state index is 0.225. The van der Waals surface area contributed by atoms with E-state index in [4.69, 9.17) is 4.74 Å². The minimum Gasteiger partial charge on any atom is -0.487 e. The molecule has 0 atom stereocenters. The van der Waals surface area contributed by atoms with Gasteiger partial charge in [-0.2, -0.15) is 10.4 Å². The van der Waals surface area contributed by atoms with Gasteiger partial charge in [-0.05, 0) is 53.7 Å². The Morgan fingerprint density at radius 1 is 1.04 bits per heavy atom. The van der Waals surface area contributed by atoms with E-state index in [0.29, 0.717) is 22.7 Å². The molecule has 0 unspecified atom stereocenters. The molecule has 2 heterocycles. The van der Waals surface area contributed by atoms with Gasteiger partial charge in [0.05, 0.1) is 22.8 Å². The van der Waals surface area contributed by atoms with Crippen molar-refractivity contribution in [3.63, 3.8) is 0 Å². The maximum Gasteiger partial charge on any atom is 0.143 e. The van der Waals surface area contributed by atoms with Crippen molar-refractivity contribution in [1.82, 2.24) is 30.0 Å². The van der Waals surface area contributed by atoms with Crippen LogP contribution in [0.1, 0.15) is 17.0 Å². The molecule has 0 radical (unpaired) electrons. The molecule has 0 aliphatic heterocycles. The lowest BCUT2D eigenvalue weighted by atomic mass is 10.2. The van der Waals surface area contributed by atoms with E-state index in [1.54, 1.807) is 9.36 Å². The molecule has 2 aromatic carbocycles. The summed E-state index contributed by atoms with van der Waals surface area (Å²) in [6.45, 7) is 2.05. The zero-order valence-electron chi connectivity index (χ0n) is 14.5. The lowest BCUT2D eigenvalue weighted by Crippen LogP contribution is -2.07. The van der Waals surface area contributed by atoms with Crippen molar-refractivity contribution >= 4 is 0 Å². The molecule has 0 spiro atoms. The van der Waals surface area contributed by atoms with Crippen LogP contribution in [0.3, 0.4) is 0 Å². The van der Waals surface area contributed by atoms with Crippen molar-refractivity contribution < 1.29 is 4.74 Å². The van der Waals surface area contributed by atoms with Crippen LogP contribution in [-0.2, 0) is 6.61 Å². The Kier molecular flexibility index (Phi) is 4.33. The van der Waals surface area contributed by atoms with Crippen molar-refractivity contribution in [3.05, 3.63) is 77.9 Å². The number of para-hydroxylation sites is 1. The second-order valence-corrected chi connectivity index (χ2v) is 5.80. The summed E-state index contributed by atoms with van der Waals surface area (Å²) in [5, 5.41) is 25.1. The highest BCUT2D eigenvalue weighted by Gasteiger charge is 2.17. The molecule has 0 fully saturated rings. The Labute approximate surface area is 155 Å². The maximum absolute atomic E-state index is 9.52. The monoisotopic (exact) mass is 357 g/mol. The molecule has 4 aromatic rings. The van der Waals surface area contributed by atoms with E-state index < -0.39 is 0 Å². The molecule has 27 heavy (non-hydrogen) atoms. The third-order valence-electron chi connectivity index (χ3n) is 4.09. The summed E-state index contributed by atoms with van der Waals surface area (Å²) < 4.78 is 9.22. The van der Waals surface area contributed by atoms with Gasteiger partial charge >= 0.3 is 0 Å². The number of hydrogen-bond acceptors (Lipinski definition) is 6. The van der Waals surface area contributed by atoms with Gasteiger partial charge in [-0.15, -0.1) is 5.10 Å². The van der Waals surface area contributed by atoms with Gasteiger partial charge in [0.15, 0.2) is 0 Å². The number of ether oxygens (including phenoxy) is 1. The van der Waals surface area contributed by atoms with E-state index in [0.717, 1.165) is 11.4 Å². The van der Waals surface area contributed by atoms with Crippen LogP contribution in [0.25, 0.3) is 11.4 Å². The highest BCUT2D eigenvalue weighted by Crippen LogP contribution is 2.21. The van der Waals surface area contributed by atoms with Crippen molar-refractivity contribution in [2.45, 2.75) is 13.5 Å². The molecule has 0 saturated carbocycles. The van der Waals surface area contributed by atoms with Gasteiger partial charge in [0.1, 0.15) is 30.3 Å². The Morgan fingerprint density at radius 2 is 1.81 bits per heavy atom. The van der Waals surface area contributed by atoms with Crippen LogP contribution in [0, 0.1) is 18.3 Å². The Bertz CT molecular complexity index is 1080. The first kappa shape index (κ1) is 16.5. The van der Waals surface area contributed by atoms with Crippen LogP contribution in [-0.4, -0.2) is 30.0 Å². The first-order valence-electron chi connectivity index (χ1n) is 8.26. The lowest BCUT2D eigenvalue weighted by molar-refractivity contribution is 0.297. The highest BCUT2D eigenvalue weighted by atomic mass is 16.5. The van der Waals surface area contributed by atoms with Gasteiger partial charge in [0.2, 0.25) is 0 Å². The van der Waals surface area contributed by atoms with E-state index in [2.05, 4.69) is 26.7 Å². The normalized spacial score (nSPS) is 10.5. The maximum atomic E-state index is 9.52. The molecule has 8 heteroatoms. The molecular weight excluding hydrogens is 342 g/mol. The van der Waals surface area contributed by atoms with Crippen LogP contribution in [0.5, 0.6) is 5.75 Å². The van der Waals surface area contributed by atoms with Crippen LogP contribution in [0.4, 0.5) is 0 Å². The minimum absolute atomic E-state index is 0.225. The predicted octanol–water partition coefficient (Wildman–Crippen LogP) is 2.61. The summed E-state index contributed by atoms with van der Waals surface area (Å²) in [6, 6.07) is 19.3. The quantitative estimate of drug-likeness (QED) is 0.545. The lowest BCUT2D eigenvalue weighted by Gasteiger charge is -2.10. The molecule has 132 valence electrons. The smallest absolute Gasteiger partial charge is 0.143 e. The first-order valence-corrected chi connectivity index (χ1v) is 8.26. The number of aryl methyl sites for hydroxylation is 1. The van der Waals surface area contributed by atoms with Crippen LogP contribution < -0.4 is 4.74 Å². The van der Waals surface area contributed by atoms with Gasteiger partial charge in [0.25, 0.3) is 0 Å². The summed E-state index contributed by atoms with van der Waals surface area (Å²) in [4.78, 5) is 0. The number of benzene rings is 2. The van der Waals surface area contributed by atoms with Crippen LogP contribution in [0.15, 0.2) is 60.9 Å². The standard InChI is InChI=1S/C19H15N7O/c1-14-18(11-20)19(26(22-14)16-5-3-2-4-6-16)12-27-17-9-7-15(8-10-17)25-13-21-23-24-25/h2-10,13H,12H2,1H3. The zero-order chi connectivity index (χ0) is 18.6. The average Bonchev–Trinajstić information content (AvgIpc) is 3.35. The molecule has 0 bridgehead atoms. The molecule has 0 N–H and O–H groups in total. The molecule has 8 nitrogen and oxygen atoms in total. The topological polar surface area (TPSA) is 94.4 Å². The van der Waals surface area contributed by atoms with E-state index in [1.807, 2.05) is 61.5 Å². The van der Waals surface area contributed by atoms with Crippen molar-refractivity contribution in [3.8, 4) is 23.2 Å². The van der Waals surface area contributed by atoms with E-state index in [1.165, 1.54) is 6.33 Å². The van der Waals surface area contributed by atoms with Gasteiger partial charge in [-0.3, -0.25) is 0 Å². The SMILES string of the molecule is Cc1nn(-c2ccccc2)c(COc2ccc(-n3cnnn3)cc2)c1C#N. The Hall–Kier alpha value is -3.99. The number of nitriles is 1. The molecule has 0 amide bonds. The average molecular weight is 357 g/mol. The van der Waals surface area contributed by atoms with Gasteiger partial charge in [-0.25, -0.2) is 9.36 Å². The fourth-order valence-corrected chi connectivity index (χ4v) is 2.76. The molecule has 0 aliphatic rings. The molecular formula is C19H15N7O. The zero-order valence-corrected chi connectivity index (χ0v) is 14.5. The number of hydrogen-bond donors (Lipinski definition) is 0. The largest absolute Gasteiger partial charge is 0.487 e.